The van der Waals surface area contributed by atoms with E-state index in [0.29, 0.717) is 23.6 Å². The van der Waals surface area contributed by atoms with Gasteiger partial charge in [-0.3, -0.25) is 4.90 Å². The van der Waals surface area contributed by atoms with Gasteiger partial charge in [0, 0.05) is 11.4 Å². The highest BCUT2D eigenvalue weighted by atomic mass is 32.1. The molecule has 3 fully saturated rings. The minimum atomic E-state index is -1.57. The molecule has 0 spiro atoms. The van der Waals surface area contributed by atoms with Crippen molar-refractivity contribution in [1.29, 1.82) is 0 Å². The molecule has 5 rings (SSSR count). The Morgan fingerprint density at radius 1 is 1.19 bits per heavy atom. The standard InChI is InChI=1S/C21H25NO3S/c23-20(25-18-15-22-12-9-17(18)10-13-22)21(24,19-7-4-14-26-19)11-8-16-5-2-1-3-6-16/h1-7,14,17-18,24H,8-13,15H2/t18-,21?/m0/s1. The Labute approximate surface area is 158 Å². The average molecular weight is 372 g/mol. The van der Waals surface area contributed by atoms with Gasteiger partial charge in [-0.05, 0) is 61.7 Å². The fourth-order valence-corrected chi connectivity index (χ4v) is 4.93. The zero-order chi connectivity index (χ0) is 18.0. The molecule has 2 atom stereocenters. The number of benzene rings is 1. The Morgan fingerprint density at radius 3 is 2.58 bits per heavy atom. The normalized spacial score (nSPS) is 27.0. The molecule has 5 heteroatoms. The number of ether oxygens (including phenoxy) is 1. The second kappa shape index (κ2) is 7.51. The first-order valence-corrected chi connectivity index (χ1v) is 10.3. The second-order valence-corrected chi connectivity index (χ2v) is 8.35. The first-order chi connectivity index (χ1) is 12.6. The van der Waals surface area contributed by atoms with Gasteiger partial charge in [0.1, 0.15) is 6.10 Å². The molecule has 138 valence electrons. The van der Waals surface area contributed by atoms with Crippen LogP contribution in [-0.4, -0.2) is 41.7 Å². The van der Waals surface area contributed by atoms with Crippen molar-refractivity contribution in [2.45, 2.75) is 37.4 Å². The molecule has 2 bridgehead atoms. The molecular formula is C21H25NO3S. The van der Waals surface area contributed by atoms with Crippen LogP contribution in [0.15, 0.2) is 47.8 Å². The Balaban J connectivity index is 1.50. The maximum absolute atomic E-state index is 13.0. The number of carbonyl (C=O) groups excluding carboxylic acids is 1. The topological polar surface area (TPSA) is 49.8 Å². The third kappa shape index (κ3) is 3.56. The molecule has 0 amide bonds. The zero-order valence-electron chi connectivity index (χ0n) is 14.8. The fraction of sp³-hybridized carbons (Fsp3) is 0.476. The summed E-state index contributed by atoms with van der Waals surface area (Å²) in [5, 5.41) is 13.2. The van der Waals surface area contributed by atoms with Gasteiger partial charge in [-0.1, -0.05) is 36.4 Å². The van der Waals surface area contributed by atoms with Gasteiger partial charge in [-0.2, -0.15) is 0 Å². The Morgan fingerprint density at radius 2 is 1.96 bits per heavy atom. The largest absolute Gasteiger partial charge is 0.458 e. The van der Waals surface area contributed by atoms with E-state index in [4.69, 9.17) is 4.74 Å². The number of thiophene rings is 1. The van der Waals surface area contributed by atoms with Crippen LogP contribution < -0.4 is 0 Å². The molecule has 4 heterocycles. The van der Waals surface area contributed by atoms with Crippen molar-refractivity contribution in [3.63, 3.8) is 0 Å². The predicted octanol–water partition coefficient (Wildman–Crippen LogP) is 3.21. The fourth-order valence-electron chi connectivity index (χ4n) is 4.09. The minimum absolute atomic E-state index is 0.0896. The lowest BCUT2D eigenvalue weighted by molar-refractivity contribution is -0.182. The molecule has 1 aromatic carbocycles. The molecule has 3 aliphatic rings. The number of hydrogen-bond acceptors (Lipinski definition) is 5. The smallest absolute Gasteiger partial charge is 0.344 e. The maximum atomic E-state index is 13.0. The molecule has 3 saturated heterocycles. The first kappa shape index (κ1) is 17.7. The van der Waals surface area contributed by atoms with E-state index in [-0.39, 0.29) is 6.10 Å². The van der Waals surface area contributed by atoms with E-state index in [2.05, 4.69) is 4.90 Å². The number of nitrogens with zero attached hydrogens (tertiary/aromatic N) is 1. The lowest BCUT2D eigenvalue weighted by Crippen LogP contribution is -2.53. The Bertz CT molecular complexity index is 725. The highest BCUT2D eigenvalue weighted by Gasteiger charge is 2.44. The molecule has 3 aliphatic heterocycles. The SMILES string of the molecule is O=C(O[C@H]1CN2CCC1CC2)C(O)(CCc1ccccc1)c1cccs1. The van der Waals surface area contributed by atoms with Crippen molar-refractivity contribution in [1.82, 2.24) is 4.90 Å². The molecule has 0 radical (unpaired) electrons. The van der Waals surface area contributed by atoms with Gasteiger partial charge in [0.15, 0.2) is 5.60 Å². The first-order valence-electron chi connectivity index (χ1n) is 9.39. The summed E-state index contributed by atoms with van der Waals surface area (Å²) in [7, 11) is 0. The number of aryl methyl sites for hydroxylation is 1. The van der Waals surface area contributed by atoms with Crippen molar-refractivity contribution >= 4 is 17.3 Å². The summed E-state index contributed by atoms with van der Waals surface area (Å²) >= 11 is 1.41. The lowest BCUT2D eigenvalue weighted by atomic mass is 9.85. The van der Waals surface area contributed by atoms with E-state index >= 15 is 0 Å². The van der Waals surface area contributed by atoms with Crippen molar-refractivity contribution in [3.8, 4) is 0 Å². The summed E-state index contributed by atoms with van der Waals surface area (Å²) in [6.07, 6.45) is 3.04. The van der Waals surface area contributed by atoms with Crippen LogP contribution >= 0.6 is 11.3 Å². The monoisotopic (exact) mass is 371 g/mol. The number of rotatable bonds is 6. The van der Waals surface area contributed by atoms with E-state index < -0.39 is 11.6 Å². The van der Waals surface area contributed by atoms with Gasteiger partial charge in [-0.25, -0.2) is 4.79 Å². The zero-order valence-corrected chi connectivity index (χ0v) is 15.7. The summed E-state index contributed by atoms with van der Waals surface area (Å²) in [5.41, 5.74) is -0.464. The van der Waals surface area contributed by atoms with Crippen LogP contribution in [0.5, 0.6) is 0 Å². The van der Waals surface area contributed by atoms with Crippen LogP contribution in [0.25, 0.3) is 0 Å². The van der Waals surface area contributed by atoms with Gasteiger partial charge < -0.3 is 9.84 Å². The van der Waals surface area contributed by atoms with E-state index in [9.17, 15) is 9.90 Å². The van der Waals surface area contributed by atoms with E-state index in [0.717, 1.165) is 38.0 Å². The van der Waals surface area contributed by atoms with Crippen molar-refractivity contribution in [2.75, 3.05) is 19.6 Å². The third-order valence-electron chi connectivity index (χ3n) is 5.74. The number of hydrogen-bond donors (Lipinski definition) is 1. The van der Waals surface area contributed by atoms with Crippen molar-refractivity contribution < 1.29 is 14.6 Å². The van der Waals surface area contributed by atoms with Gasteiger partial charge in [0.2, 0.25) is 0 Å². The number of piperidine rings is 3. The molecule has 0 aliphatic carbocycles. The number of aliphatic hydroxyl groups is 1. The van der Waals surface area contributed by atoms with Crippen LogP contribution in [0.2, 0.25) is 0 Å². The summed E-state index contributed by atoms with van der Waals surface area (Å²) < 4.78 is 5.88. The predicted molar refractivity (Wildman–Crippen MR) is 102 cm³/mol. The quantitative estimate of drug-likeness (QED) is 0.792. The summed E-state index contributed by atoms with van der Waals surface area (Å²) in [4.78, 5) is 16.1. The average Bonchev–Trinajstić information content (AvgIpc) is 3.23. The van der Waals surface area contributed by atoms with Crippen molar-refractivity contribution in [2.24, 2.45) is 5.92 Å². The summed E-state index contributed by atoms with van der Waals surface area (Å²) in [6, 6.07) is 13.7. The number of carbonyl (C=O) groups is 1. The molecular weight excluding hydrogens is 346 g/mol. The van der Waals surface area contributed by atoms with E-state index in [1.807, 2.05) is 47.8 Å². The van der Waals surface area contributed by atoms with E-state index in [1.54, 1.807) is 0 Å². The van der Waals surface area contributed by atoms with Crippen molar-refractivity contribution in [3.05, 3.63) is 58.3 Å². The van der Waals surface area contributed by atoms with E-state index in [1.165, 1.54) is 11.3 Å². The van der Waals surface area contributed by atoms with Gasteiger partial charge >= 0.3 is 5.97 Å². The van der Waals surface area contributed by atoms with Crippen LogP contribution in [0, 0.1) is 5.92 Å². The van der Waals surface area contributed by atoms with Crippen LogP contribution in [0.4, 0.5) is 0 Å². The molecule has 1 N–H and O–H groups in total. The molecule has 1 aromatic heterocycles. The van der Waals surface area contributed by atoms with Gasteiger partial charge in [0.25, 0.3) is 0 Å². The summed E-state index contributed by atoms with van der Waals surface area (Å²) in [6.45, 7) is 3.00. The van der Waals surface area contributed by atoms with Crippen LogP contribution in [-0.2, 0) is 21.6 Å². The van der Waals surface area contributed by atoms with Gasteiger partial charge in [-0.15, -0.1) is 11.3 Å². The minimum Gasteiger partial charge on any atom is -0.458 e. The summed E-state index contributed by atoms with van der Waals surface area (Å²) in [5.74, 6) is -0.0553. The highest BCUT2D eigenvalue weighted by molar-refractivity contribution is 7.10. The molecule has 4 nitrogen and oxygen atoms in total. The van der Waals surface area contributed by atoms with Crippen LogP contribution in [0.1, 0.15) is 29.7 Å². The number of esters is 1. The molecule has 1 unspecified atom stereocenters. The van der Waals surface area contributed by atoms with Gasteiger partial charge in [0.05, 0.1) is 0 Å². The molecule has 26 heavy (non-hydrogen) atoms. The third-order valence-corrected chi connectivity index (χ3v) is 6.76. The lowest BCUT2D eigenvalue weighted by Gasteiger charge is -2.44. The second-order valence-electron chi connectivity index (χ2n) is 7.40. The Kier molecular flexibility index (Phi) is 5.11. The molecule has 2 aromatic rings. The van der Waals surface area contributed by atoms with Crippen LogP contribution in [0.3, 0.4) is 0 Å². The highest BCUT2D eigenvalue weighted by Crippen LogP contribution is 2.35. The Hall–Kier alpha value is -1.69. The number of fused-ring (bicyclic) bond motifs is 3. The molecule has 0 saturated carbocycles. The maximum Gasteiger partial charge on any atom is 0.344 e.